The second-order valence-corrected chi connectivity index (χ2v) is 6.28. The molecule has 0 spiro atoms. The van der Waals surface area contributed by atoms with Crippen LogP contribution in [0.15, 0.2) is 78.9 Å². The zero-order chi connectivity index (χ0) is 20.7. The first-order chi connectivity index (χ1) is 13.3. The maximum Gasteiger partial charge on any atom is 0.338 e. The standard InChI is InChI=1S/C23H22O5/c1-15(2)22(25)27-19-10-5-17(6-11-19)7-14-21(24)18-8-12-20(13-9-18)28-23(26)16(3)4/h5-14,21,24H,1,3H2,2,4H3/b14-7+. The Hall–Kier alpha value is -3.44. The first-order valence-electron chi connectivity index (χ1n) is 8.58. The van der Waals surface area contributed by atoms with Crippen molar-refractivity contribution in [2.24, 2.45) is 0 Å². The predicted molar refractivity (Wildman–Crippen MR) is 108 cm³/mol. The molecule has 0 fully saturated rings. The van der Waals surface area contributed by atoms with E-state index in [1.807, 2.05) is 0 Å². The van der Waals surface area contributed by atoms with E-state index in [1.54, 1.807) is 74.5 Å². The van der Waals surface area contributed by atoms with E-state index >= 15 is 0 Å². The van der Waals surface area contributed by atoms with Gasteiger partial charge < -0.3 is 14.6 Å². The number of aliphatic hydroxyl groups is 1. The molecule has 0 aliphatic carbocycles. The molecule has 0 amide bonds. The highest BCUT2D eigenvalue weighted by Crippen LogP contribution is 2.21. The third-order valence-electron chi connectivity index (χ3n) is 3.69. The number of carbonyl (C=O) groups excluding carboxylic acids is 2. The Bertz CT molecular complexity index is 905. The molecule has 1 unspecified atom stereocenters. The van der Waals surface area contributed by atoms with E-state index in [4.69, 9.17) is 9.47 Å². The number of rotatable bonds is 7. The number of aliphatic hydroxyl groups excluding tert-OH is 1. The van der Waals surface area contributed by atoms with Gasteiger partial charge in [0, 0.05) is 11.1 Å². The third-order valence-corrected chi connectivity index (χ3v) is 3.69. The van der Waals surface area contributed by atoms with E-state index in [9.17, 15) is 14.7 Å². The molecule has 0 radical (unpaired) electrons. The summed E-state index contributed by atoms with van der Waals surface area (Å²) in [5, 5.41) is 10.3. The lowest BCUT2D eigenvalue weighted by molar-refractivity contribution is -0.130. The summed E-state index contributed by atoms with van der Waals surface area (Å²) in [6.07, 6.45) is 2.56. The van der Waals surface area contributed by atoms with Gasteiger partial charge in [-0.05, 0) is 49.2 Å². The Balaban J connectivity index is 1.98. The number of benzene rings is 2. The second-order valence-electron chi connectivity index (χ2n) is 6.28. The Morgan fingerprint density at radius 1 is 0.857 bits per heavy atom. The molecule has 144 valence electrons. The van der Waals surface area contributed by atoms with Crippen LogP contribution in [0.1, 0.15) is 31.1 Å². The number of esters is 2. The smallest absolute Gasteiger partial charge is 0.338 e. The summed E-state index contributed by atoms with van der Waals surface area (Å²) in [5.74, 6) is -0.167. The Kier molecular flexibility index (Phi) is 7.07. The third kappa shape index (κ3) is 6.07. The van der Waals surface area contributed by atoms with Gasteiger partial charge in [-0.15, -0.1) is 0 Å². The highest BCUT2D eigenvalue weighted by Gasteiger charge is 2.08. The minimum Gasteiger partial charge on any atom is -0.423 e. The summed E-state index contributed by atoms with van der Waals surface area (Å²) in [4.78, 5) is 23.0. The molecule has 5 nitrogen and oxygen atoms in total. The molecule has 0 aliphatic rings. The van der Waals surface area contributed by atoms with Gasteiger partial charge in [0.25, 0.3) is 0 Å². The molecule has 0 saturated carbocycles. The monoisotopic (exact) mass is 378 g/mol. The van der Waals surface area contributed by atoms with Crippen LogP contribution in [0.4, 0.5) is 0 Å². The van der Waals surface area contributed by atoms with E-state index in [-0.39, 0.29) is 0 Å². The molecule has 0 saturated heterocycles. The Labute approximate surface area is 164 Å². The van der Waals surface area contributed by atoms with Crippen molar-refractivity contribution >= 4 is 18.0 Å². The highest BCUT2D eigenvalue weighted by atomic mass is 16.5. The minimum atomic E-state index is -0.827. The second kappa shape index (κ2) is 9.48. The van der Waals surface area contributed by atoms with Gasteiger partial charge in [0.1, 0.15) is 11.5 Å². The molecule has 0 heterocycles. The van der Waals surface area contributed by atoms with Gasteiger partial charge in [-0.2, -0.15) is 0 Å². The maximum atomic E-state index is 11.5. The van der Waals surface area contributed by atoms with Gasteiger partial charge in [0.05, 0.1) is 6.10 Å². The van der Waals surface area contributed by atoms with Crippen molar-refractivity contribution in [1.29, 1.82) is 0 Å². The van der Waals surface area contributed by atoms with Gasteiger partial charge in [0.2, 0.25) is 0 Å². The van der Waals surface area contributed by atoms with Crippen molar-refractivity contribution in [3.63, 3.8) is 0 Å². The summed E-state index contributed by atoms with van der Waals surface area (Å²) in [7, 11) is 0. The van der Waals surface area contributed by atoms with Gasteiger partial charge in [-0.3, -0.25) is 0 Å². The minimum absolute atomic E-state index is 0.312. The Morgan fingerprint density at radius 2 is 1.29 bits per heavy atom. The number of ether oxygens (including phenoxy) is 2. The van der Waals surface area contributed by atoms with Crippen LogP contribution < -0.4 is 9.47 Å². The largest absolute Gasteiger partial charge is 0.423 e. The highest BCUT2D eigenvalue weighted by molar-refractivity contribution is 5.89. The Morgan fingerprint density at radius 3 is 1.71 bits per heavy atom. The zero-order valence-corrected chi connectivity index (χ0v) is 15.8. The van der Waals surface area contributed by atoms with Crippen LogP contribution in [0, 0.1) is 0 Å². The van der Waals surface area contributed by atoms with Crippen molar-refractivity contribution in [2.75, 3.05) is 0 Å². The average Bonchev–Trinajstić information content (AvgIpc) is 2.67. The number of carbonyl (C=O) groups is 2. The molecule has 0 bridgehead atoms. The van der Waals surface area contributed by atoms with Crippen molar-refractivity contribution < 1.29 is 24.2 Å². The lowest BCUT2D eigenvalue weighted by atomic mass is 10.1. The fraction of sp³-hybridized carbons (Fsp3) is 0.130. The summed E-state index contributed by atoms with van der Waals surface area (Å²) >= 11 is 0. The molecule has 2 rings (SSSR count). The summed E-state index contributed by atoms with van der Waals surface area (Å²) < 4.78 is 10.2. The molecule has 2 aromatic carbocycles. The topological polar surface area (TPSA) is 72.8 Å². The summed E-state index contributed by atoms with van der Waals surface area (Å²) in [6.45, 7) is 10.2. The molecule has 1 atom stereocenters. The van der Waals surface area contributed by atoms with E-state index in [0.29, 0.717) is 28.2 Å². The molecule has 28 heavy (non-hydrogen) atoms. The molecule has 0 aromatic heterocycles. The van der Waals surface area contributed by atoms with Crippen LogP contribution >= 0.6 is 0 Å². The lowest BCUT2D eigenvalue weighted by Crippen LogP contribution is -2.08. The van der Waals surface area contributed by atoms with Crippen LogP contribution in [0.5, 0.6) is 11.5 Å². The lowest BCUT2D eigenvalue weighted by Gasteiger charge is -2.08. The summed E-state index contributed by atoms with van der Waals surface area (Å²) in [6, 6.07) is 13.4. The van der Waals surface area contributed by atoms with E-state index in [1.165, 1.54) is 0 Å². The maximum absolute atomic E-state index is 11.5. The SMILES string of the molecule is C=C(C)C(=O)Oc1ccc(/C=C/C(O)c2ccc(OC(=O)C(=C)C)cc2)cc1. The van der Waals surface area contributed by atoms with Gasteiger partial charge in [-0.1, -0.05) is 49.6 Å². The number of hydrogen-bond donors (Lipinski definition) is 1. The van der Waals surface area contributed by atoms with Crippen LogP contribution in [-0.2, 0) is 9.59 Å². The summed E-state index contributed by atoms with van der Waals surface area (Å²) in [5.41, 5.74) is 2.12. The molecular formula is C23H22O5. The van der Waals surface area contributed by atoms with Crippen molar-refractivity contribution in [3.05, 3.63) is 90.0 Å². The van der Waals surface area contributed by atoms with Crippen molar-refractivity contribution in [1.82, 2.24) is 0 Å². The first-order valence-corrected chi connectivity index (χ1v) is 8.58. The van der Waals surface area contributed by atoms with E-state index in [2.05, 4.69) is 13.2 Å². The fourth-order valence-corrected chi connectivity index (χ4v) is 2.08. The quantitative estimate of drug-likeness (QED) is 0.439. The van der Waals surface area contributed by atoms with Crippen LogP contribution in [-0.4, -0.2) is 17.0 Å². The van der Waals surface area contributed by atoms with Crippen LogP contribution in [0.3, 0.4) is 0 Å². The molecule has 2 aromatic rings. The predicted octanol–water partition coefficient (Wildman–Crippen LogP) is 4.40. The van der Waals surface area contributed by atoms with Gasteiger partial charge in [-0.25, -0.2) is 9.59 Å². The van der Waals surface area contributed by atoms with E-state index in [0.717, 1.165) is 5.56 Å². The van der Waals surface area contributed by atoms with Crippen LogP contribution in [0.2, 0.25) is 0 Å². The molecular weight excluding hydrogens is 356 g/mol. The van der Waals surface area contributed by atoms with Crippen molar-refractivity contribution in [3.8, 4) is 11.5 Å². The van der Waals surface area contributed by atoms with Crippen LogP contribution in [0.25, 0.3) is 6.08 Å². The zero-order valence-electron chi connectivity index (χ0n) is 15.8. The molecule has 0 aliphatic heterocycles. The average molecular weight is 378 g/mol. The van der Waals surface area contributed by atoms with Gasteiger partial charge in [0.15, 0.2) is 0 Å². The first kappa shape index (κ1) is 20.9. The van der Waals surface area contributed by atoms with Crippen molar-refractivity contribution in [2.45, 2.75) is 20.0 Å². The molecule has 1 N–H and O–H groups in total. The number of hydrogen-bond acceptors (Lipinski definition) is 5. The van der Waals surface area contributed by atoms with E-state index < -0.39 is 18.0 Å². The molecule has 5 heteroatoms. The van der Waals surface area contributed by atoms with Gasteiger partial charge >= 0.3 is 11.9 Å². The fourth-order valence-electron chi connectivity index (χ4n) is 2.08. The normalized spacial score (nSPS) is 11.7.